The van der Waals surface area contributed by atoms with Gasteiger partial charge < -0.3 is 10.6 Å². The summed E-state index contributed by atoms with van der Waals surface area (Å²) in [6.45, 7) is 6.03. The van der Waals surface area contributed by atoms with Gasteiger partial charge in [0.2, 0.25) is 5.91 Å². The largest absolute Gasteiger partial charge is 0.393 e. The van der Waals surface area contributed by atoms with Crippen molar-refractivity contribution in [1.82, 2.24) is 4.90 Å². The molecule has 0 aromatic rings. The lowest BCUT2D eigenvalue weighted by Crippen LogP contribution is -2.45. The van der Waals surface area contributed by atoms with Gasteiger partial charge in [0, 0.05) is 13.1 Å². The Kier molecular flexibility index (Phi) is 5.89. The number of piperidine rings is 1. The highest BCUT2D eigenvalue weighted by Gasteiger charge is 2.28. The number of thiocarbonyl (C=S) groups is 1. The van der Waals surface area contributed by atoms with E-state index in [1.54, 1.807) is 0 Å². The van der Waals surface area contributed by atoms with Crippen molar-refractivity contribution in [1.29, 1.82) is 0 Å². The molecule has 0 aliphatic carbocycles. The smallest absolute Gasteiger partial charge is 0.232 e. The third-order valence-corrected chi connectivity index (χ3v) is 4.01. The number of nitrogens with two attached hydrogens (primary N) is 1. The van der Waals surface area contributed by atoms with E-state index < -0.39 is 0 Å². The minimum Gasteiger partial charge on any atom is -0.393 e. The molecule has 0 bridgehead atoms. The second kappa shape index (κ2) is 6.94. The molecule has 0 radical (unpaired) electrons. The summed E-state index contributed by atoms with van der Waals surface area (Å²) in [5.41, 5.74) is 5.67. The first-order valence-corrected chi connectivity index (χ1v) is 7.09. The van der Waals surface area contributed by atoms with Gasteiger partial charge in [-0.25, -0.2) is 0 Å². The van der Waals surface area contributed by atoms with E-state index in [4.69, 9.17) is 18.0 Å². The van der Waals surface area contributed by atoms with Crippen molar-refractivity contribution in [2.45, 2.75) is 46.0 Å². The summed E-state index contributed by atoms with van der Waals surface area (Å²) in [4.78, 5) is 14.6. The Morgan fingerprint density at radius 1 is 1.41 bits per heavy atom. The summed E-state index contributed by atoms with van der Waals surface area (Å²) in [6, 6.07) is 0. The zero-order chi connectivity index (χ0) is 12.8. The van der Waals surface area contributed by atoms with Crippen molar-refractivity contribution in [2.24, 2.45) is 17.6 Å². The molecule has 1 fully saturated rings. The van der Waals surface area contributed by atoms with Crippen molar-refractivity contribution in [3.8, 4) is 0 Å². The molecule has 0 aromatic carbocycles. The van der Waals surface area contributed by atoms with Gasteiger partial charge in [0.1, 0.15) is 0 Å². The van der Waals surface area contributed by atoms with E-state index in [1.807, 2.05) is 4.90 Å². The highest BCUT2D eigenvalue weighted by atomic mass is 32.1. The maximum Gasteiger partial charge on any atom is 0.232 e. The number of carbonyl (C=O) groups is 1. The molecule has 98 valence electrons. The van der Waals surface area contributed by atoms with E-state index in [1.165, 1.54) is 6.42 Å². The maximum atomic E-state index is 12.3. The highest BCUT2D eigenvalue weighted by Crippen LogP contribution is 2.22. The quantitative estimate of drug-likeness (QED) is 0.768. The highest BCUT2D eigenvalue weighted by molar-refractivity contribution is 7.80. The van der Waals surface area contributed by atoms with E-state index >= 15 is 0 Å². The third-order valence-electron chi connectivity index (χ3n) is 3.72. The number of carbonyl (C=O) groups excluding carboxylic acids is 1. The molecule has 2 N–H and O–H groups in total. The molecule has 0 spiro atoms. The van der Waals surface area contributed by atoms with Crippen molar-refractivity contribution >= 4 is 23.1 Å². The number of hydrogen-bond donors (Lipinski definition) is 1. The predicted octanol–water partition coefficient (Wildman–Crippen LogP) is 2.34. The van der Waals surface area contributed by atoms with Gasteiger partial charge in [-0.05, 0) is 25.2 Å². The van der Waals surface area contributed by atoms with Crippen LogP contribution in [0.15, 0.2) is 0 Å². The lowest BCUT2D eigenvalue weighted by molar-refractivity contribution is -0.134. The van der Waals surface area contributed by atoms with Crippen LogP contribution in [-0.2, 0) is 4.79 Å². The first-order chi connectivity index (χ1) is 8.10. The van der Waals surface area contributed by atoms with Crippen LogP contribution in [0.4, 0.5) is 0 Å². The Morgan fingerprint density at radius 3 is 2.41 bits per heavy atom. The normalized spacial score (nSPS) is 19.1. The minimum atomic E-state index is -0.242. The molecule has 1 unspecified atom stereocenters. The lowest BCUT2D eigenvalue weighted by Gasteiger charge is -2.33. The molecule has 0 aromatic heterocycles. The van der Waals surface area contributed by atoms with Crippen LogP contribution < -0.4 is 5.73 Å². The molecule has 0 saturated carbocycles. The Morgan fingerprint density at radius 2 is 2.00 bits per heavy atom. The summed E-state index contributed by atoms with van der Waals surface area (Å²) in [5, 5.41) is 0. The van der Waals surface area contributed by atoms with Crippen molar-refractivity contribution in [3.05, 3.63) is 0 Å². The van der Waals surface area contributed by atoms with Gasteiger partial charge in [-0.1, -0.05) is 38.9 Å². The predicted molar refractivity (Wildman–Crippen MR) is 74.8 cm³/mol. The van der Waals surface area contributed by atoms with Crippen LogP contribution >= 0.6 is 12.2 Å². The van der Waals surface area contributed by atoms with Crippen LogP contribution in [-0.4, -0.2) is 28.9 Å². The topological polar surface area (TPSA) is 46.3 Å². The Hall–Kier alpha value is -0.640. The van der Waals surface area contributed by atoms with Crippen LogP contribution in [0.2, 0.25) is 0 Å². The molecule has 1 amide bonds. The maximum absolute atomic E-state index is 12.3. The van der Waals surface area contributed by atoms with Crippen LogP contribution in [0.5, 0.6) is 0 Å². The van der Waals surface area contributed by atoms with Gasteiger partial charge in [-0.3, -0.25) is 4.79 Å². The molecule has 4 heteroatoms. The summed E-state index contributed by atoms with van der Waals surface area (Å²) in [6.07, 6.45) is 5.19. The fourth-order valence-corrected chi connectivity index (χ4v) is 2.68. The second-order valence-electron chi connectivity index (χ2n) is 4.92. The third kappa shape index (κ3) is 3.95. The van der Waals surface area contributed by atoms with Gasteiger partial charge in [0.05, 0.1) is 10.9 Å². The molecule has 1 aliphatic rings. The first kappa shape index (κ1) is 14.4. The number of rotatable bonds is 5. The molecule has 17 heavy (non-hydrogen) atoms. The summed E-state index contributed by atoms with van der Waals surface area (Å²) in [5.74, 6) is 0.690. The second-order valence-corrected chi connectivity index (χ2v) is 5.39. The van der Waals surface area contributed by atoms with Gasteiger partial charge in [0.15, 0.2) is 0 Å². The molecule has 1 heterocycles. The molecule has 1 aliphatic heterocycles. The van der Waals surface area contributed by atoms with Gasteiger partial charge in [0.25, 0.3) is 0 Å². The number of likely N-dealkylation sites (tertiary alicyclic amines) is 1. The zero-order valence-corrected chi connectivity index (χ0v) is 11.8. The standard InChI is InChI=1S/C13H24N2OS/c1-3-5-11(12(14)17)13(16)15-8-6-10(4-2)7-9-15/h10-11H,3-9H2,1-2H3,(H2,14,17). The van der Waals surface area contributed by atoms with E-state index in [2.05, 4.69) is 13.8 Å². The van der Waals surface area contributed by atoms with Gasteiger partial charge in [-0.2, -0.15) is 0 Å². The van der Waals surface area contributed by atoms with Crippen molar-refractivity contribution < 1.29 is 4.79 Å². The Bertz CT molecular complexity index is 273. The van der Waals surface area contributed by atoms with Gasteiger partial charge in [-0.15, -0.1) is 0 Å². The monoisotopic (exact) mass is 256 g/mol. The van der Waals surface area contributed by atoms with Gasteiger partial charge >= 0.3 is 0 Å². The number of nitrogens with zero attached hydrogens (tertiary/aromatic N) is 1. The minimum absolute atomic E-state index is 0.147. The first-order valence-electron chi connectivity index (χ1n) is 6.68. The van der Waals surface area contributed by atoms with E-state index in [0.717, 1.165) is 44.7 Å². The summed E-state index contributed by atoms with van der Waals surface area (Å²) in [7, 11) is 0. The fraction of sp³-hybridized carbons (Fsp3) is 0.846. The average Bonchev–Trinajstić information content (AvgIpc) is 2.35. The summed E-state index contributed by atoms with van der Waals surface area (Å²) >= 11 is 5.00. The molecule has 3 nitrogen and oxygen atoms in total. The molecule has 1 saturated heterocycles. The SMILES string of the molecule is CCCC(C(=O)N1CCC(CC)CC1)C(N)=S. The van der Waals surface area contributed by atoms with Crippen LogP contribution in [0, 0.1) is 11.8 Å². The molecule has 1 rings (SSSR count). The Balaban J connectivity index is 2.54. The lowest BCUT2D eigenvalue weighted by atomic mass is 9.93. The van der Waals surface area contributed by atoms with Crippen LogP contribution in [0.1, 0.15) is 46.0 Å². The molecule has 1 atom stereocenters. The van der Waals surface area contributed by atoms with E-state index in [9.17, 15) is 4.79 Å². The molecular weight excluding hydrogens is 232 g/mol. The fourth-order valence-electron chi connectivity index (χ4n) is 2.46. The van der Waals surface area contributed by atoms with E-state index in [-0.39, 0.29) is 11.8 Å². The summed E-state index contributed by atoms with van der Waals surface area (Å²) < 4.78 is 0. The number of hydrogen-bond acceptors (Lipinski definition) is 2. The van der Waals surface area contributed by atoms with E-state index in [0.29, 0.717) is 4.99 Å². The van der Waals surface area contributed by atoms with Crippen LogP contribution in [0.25, 0.3) is 0 Å². The number of amides is 1. The molecular formula is C13H24N2OS. The van der Waals surface area contributed by atoms with Crippen molar-refractivity contribution in [3.63, 3.8) is 0 Å². The van der Waals surface area contributed by atoms with Crippen molar-refractivity contribution in [2.75, 3.05) is 13.1 Å². The Labute approximate surface area is 110 Å². The average molecular weight is 256 g/mol. The van der Waals surface area contributed by atoms with Crippen LogP contribution in [0.3, 0.4) is 0 Å². The zero-order valence-electron chi connectivity index (χ0n) is 10.9.